The van der Waals surface area contributed by atoms with E-state index in [0.29, 0.717) is 23.2 Å². The smallest absolute Gasteiger partial charge is 0.183 e. The molecule has 1 aromatic carbocycles. The molecular formula is C11H12BrN3OS. The SMILES string of the molecule is CCOc1cc(Br)ccc1N=C(NC#N)SC. The number of hydrogen-bond donors (Lipinski definition) is 1. The number of thioether (sulfide) groups is 1. The van der Waals surface area contributed by atoms with E-state index in [0.717, 1.165) is 4.47 Å². The van der Waals surface area contributed by atoms with Crippen LogP contribution in [0.5, 0.6) is 5.75 Å². The molecule has 0 unspecified atom stereocenters. The third-order valence-electron chi connectivity index (χ3n) is 1.80. The molecule has 6 heteroatoms. The van der Waals surface area contributed by atoms with Crippen LogP contribution in [-0.4, -0.2) is 18.0 Å². The summed E-state index contributed by atoms with van der Waals surface area (Å²) in [6, 6.07) is 5.57. The van der Waals surface area contributed by atoms with E-state index in [1.165, 1.54) is 11.8 Å². The fraction of sp³-hybridized carbons (Fsp3) is 0.273. The van der Waals surface area contributed by atoms with E-state index >= 15 is 0 Å². The van der Waals surface area contributed by atoms with Gasteiger partial charge in [-0.15, -0.1) is 0 Å². The van der Waals surface area contributed by atoms with Crippen LogP contribution in [0.2, 0.25) is 0 Å². The molecule has 0 aliphatic heterocycles. The summed E-state index contributed by atoms with van der Waals surface area (Å²) in [6.07, 6.45) is 3.70. The number of rotatable bonds is 3. The molecular weight excluding hydrogens is 302 g/mol. The third-order valence-corrected chi connectivity index (χ3v) is 2.87. The Labute approximate surface area is 113 Å². The molecule has 4 nitrogen and oxygen atoms in total. The number of ether oxygens (including phenoxy) is 1. The number of nitrogens with one attached hydrogen (secondary N) is 1. The Morgan fingerprint density at radius 3 is 3.00 bits per heavy atom. The molecule has 0 heterocycles. The maximum Gasteiger partial charge on any atom is 0.183 e. The van der Waals surface area contributed by atoms with Crippen LogP contribution in [0.3, 0.4) is 0 Å². The van der Waals surface area contributed by atoms with Crippen molar-refractivity contribution in [3.05, 3.63) is 22.7 Å². The molecule has 17 heavy (non-hydrogen) atoms. The predicted octanol–water partition coefficient (Wildman–Crippen LogP) is 3.27. The molecule has 0 aliphatic carbocycles. The Morgan fingerprint density at radius 2 is 2.41 bits per heavy atom. The first kappa shape index (κ1) is 13.9. The Hall–Kier alpha value is -1.19. The number of hydrogen-bond acceptors (Lipinski definition) is 4. The first-order valence-corrected chi connectivity index (χ1v) is 6.93. The van der Waals surface area contributed by atoms with Crippen molar-refractivity contribution in [1.29, 1.82) is 5.26 Å². The topological polar surface area (TPSA) is 57.4 Å². The Bertz CT molecular complexity index is 457. The Morgan fingerprint density at radius 1 is 1.65 bits per heavy atom. The fourth-order valence-corrected chi connectivity index (χ4v) is 1.81. The third kappa shape index (κ3) is 4.29. The highest BCUT2D eigenvalue weighted by Gasteiger charge is 2.05. The molecule has 0 saturated carbocycles. The zero-order valence-corrected chi connectivity index (χ0v) is 11.9. The highest BCUT2D eigenvalue weighted by Crippen LogP contribution is 2.31. The van der Waals surface area contributed by atoms with Crippen LogP contribution < -0.4 is 10.1 Å². The van der Waals surface area contributed by atoms with Crippen LogP contribution in [0.25, 0.3) is 0 Å². The van der Waals surface area contributed by atoms with E-state index in [9.17, 15) is 0 Å². The maximum absolute atomic E-state index is 8.57. The highest BCUT2D eigenvalue weighted by atomic mass is 79.9. The minimum atomic E-state index is 0.538. The van der Waals surface area contributed by atoms with Gasteiger partial charge in [0.2, 0.25) is 0 Å². The van der Waals surface area contributed by atoms with Crippen molar-refractivity contribution in [2.75, 3.05) is 12.9 Å². The van der Waals surface area contributed by atoms with Gasteiger partial charge in [-0.3, -0.25) is 5.32 Å². The van der Waals surface area contributed by atoms with Gasteiger partial charge in [0.15, 0.2) is 11.4 Å². The van der Waals surface area contributed by atoms with Crippen molar-refractivity contribution in [2.45, 2.75) is 6.92 Å². The van der Waals surface area contributed by atoms with Crippen LogP contribution >= 0.6 is 27.7 Å². The van der Waals surface area contributed by atoms with E-state index < -0.39 is 0 Å². The summed E-state index contributed by atoms with van der Waals surface area (Å²) in [5.74, 6) is 0.688. The summed E-state index contributed by atoms with van der Waals surface area (Å²) < 4.78 is 6.41. The molecule has 0 fully saturated rings. The molecule has 0 aromatic heterocycles. The standard InChI is InChI=1S/C11H12BrN3OS/c1-3-16-10-6-8(12)4-5-9(10)15-11(17-2)14-7-13/h4-6H,3H2,1-2H3,(H,14,15). The molecule has 0 aliphatic rings. The highest BCUT2D eigenvalue weighted by molar-refractivity contribution is 9.10. The van der Waals surface area contributed by atoms with Crippen LogP contribution in [0.1, 0.15) is 6.92 Å². The first-order chi connectivity index (χ1) is 8.21. The molecule has 0 radical (unpaired) electrons. The van der Waals surface area contributed by atoms with Gasteiger partial charge in [0.25, 0.3) is 0 Å². The van der Waals surface area contributed by atoms with Gasteiger partial charge in [-0.1, -0.05) is 27.7 Å². The molecule has 0 amide bonds. The van der Waals surface area contributed by atoms with E-state index in [2.05, 4.69) is 26.2 Å². The van der Waals surface area contributed by atoms with E-state index in [4.69, 9.17) is 10.00 Å². The van der Waals surface area contributed by atoms with Crippen molar-refractivity contribution < 1.29 is 4.74 Å². The average Bonchev–Trinajstić information content (AvgIpc) is 2.32. The second kappa shape index (κ2) is 7.20. The Balaban J connectivity index is 3.08. The predicted molar refractivity (Wildman–Crippen MR) is 74.7 cm³/mol. The summed E-state index contributed by atoms with van der Waals surface area (Å²) in [5.41, 5.74) is 0.696. The first-order valence-electron chi connectivity index (χ1n) is 4.91. The monoisotopic (exact) mass is 313 g/mol. The summed E-state index contributed by atoms with van der Waals surface area (Å²) >= 11 is 4.75. The summed E-state index contributed by atoms with van der Waals surface area (Å²) in [5, 5.41) is 11.6. The van der Waals surface area contributed by atoms with Gasteiger partial charge in [0.05, 0.1) is 6.61 Å². The second-order valence-corrected chi connectivity index (χ2v) is 4.61. The molecule has 1 N–H and O–H groups in total. The number of aliphatic imine (C=N–C) groups is 1. The van der Waals surface area contributed by atoms with Gasteiger partial charge in [-0.2, -0.15) is 5.26 Å². The van der Waals surface area contributed by atoms with E-state index in [1.54, 1.807) is 0 Å². The van der Waals surface area contributed by atoms with Crippen molar-refractivity contribution in [1.82, 2.24) is 5.32 Å². The fourth-order valence-electron chi connectivity index (χ4n) is 1.13. The molecule has 0 saturated heterocycles. The minimum Gasteiger partial charge on any atom is -0.492 e. The van der Waals surface area contributed by atoms with Gasteiger partial charge in [0.1, 0.15) is 11.4 Å². The zero-order chi connectivity index (χ0) is 12.7. The average molecular weight is 314 g/mol. The largest absolute Gasteiger partial charge is 0.492 e. The van der Waals surface area contributed by atoms with Gasteiger partial charge < -0.3 is 4.74 Å². The van der Waals surface area contributed by atoms with Gasteiger partial charge >= 0.3 is 0 Å². The molecule has 90 valence electrons. The van der Waals surface area contributed by atoms with Crippen molar-refractivity contribution in [2.24, 2.45) is 4.99 Å². The second-order valence-electron chi connectivity index (χ2n) is 2.90. The Kier molecular flexibility index (Phi) is 5.87. The molecule has 0 bridgehead atoms. The summed E-state index contributed by atoms with van der Waals surface area (Å²) in [6.45, 7) is 2.48. The number of nitrogens with zero attached hydrogens (tertiary/aromatic N) is 2. The van der Waals surface area contributed by atoms with Crippen LogP contribution in [0.4, 0.5) is 5.69 Å². The van der Waals surface area contributed by atoms with Crippen molar-refractivity contribution in [3.8, 4) is 11.9 Å². The number of benzene rings is 1. The summed E-state index contributed by atoms with van der Waals surface area (Å²) in [4.78, 5) is 4.33. The van der Waals surface area contributed by atoms with Crippen LogP contribution in [0, 0.1) is 11.5 Å². The lowest BCUT2D eigenvalue weighted by atomic mass is 10.3. The quantitative estimate of drug-likeness (QED) is 0.403. The molecule has 0 spiro atoms. The number of amidine groups is 1. The summed E-state index contributed by atoms with van der Waals surface area (Å²) in [7, 11) is 0. The maximum atomic E-state index is 8.57. The van der Waals surface area contributed by atoms with E-state index in [-0.39, 0.29) is 0 Å². The van der Waals surface area contributed by atoms with Gasteiger partial charge in [-0.25, -0.2) is 4.99 Å². The molecule has 0 atom stereocenters. The molecule has 1 rings (SSSR count). The number of nitriles is 1. The van der Waals surface area contributed by atoms with Crippen molar-refractivity contribution >= 4 is 38.5 Å². The lowest BCUT2D eigenvalue weighted by molar-refractivity contribution is 0.341. The van der Waals surface area contributed by atoms with E-state index in [1.807, 2.05) is 37.6 Å². The van der Waals surface area contributed by atoms with Crippen LogP contribution in [-0.2, 0) is 0 Å². The van der Waals surface area contributed by atoms with Gasteiger partial charge in [-0.05, 0) is 31.4 Å². The van der Waals surface area contributed by atoms with Crippen molar-refractivity contribution in [3.63, 3.8) is 0 Å². The number of halogens is 1. The minimum absolute atomic E-state index is 0.538. The molecule has 1 aromatic rings. The van der Waals surface area contributed by atoms with Crippen LogP contribution in [0.15, 0.2) is 27.7 Å². The lowest BCUT2D eigenvalue weighted by Crippen LogP contribution is -2.12. The lowest BCUT2D eigenvalue weighted by Gasteiger charge is -2.08. The normalized spacial score (nSPS) is 10.8. The zero-order valence-electron chi connectivity index (χ0n) is 9.53. The van der Waals surface area contributed by atoms with Gasteiger partial charge in [0, 0.05) is 4.47 Å².